The first-order valence-corrected chi connectivity index (χ1v) is 5.12. The summed E-state index contributed by atoms with van der Waals surface area (Å²) in [5, 5.41) is 3.03. The molecule has 1 heterocycles. The largest absolute Gasteiger partial charge is 0.351 e. The standard InChI is InChI=1S/C13H13N3/c1-2-8-14-13-15-9-12(10-16-13)11-6-4-3-5-7-11/h2-7,9-10H,1,8H2,(H,14,15,16). The third-order valence-electron chi connectivity index (χ3n) is 2.16. The first-order chi connectivity index (χ1) is 7.90. The maximum atomic E-state index is 4.22. The Morgan fingerprint density at radius 3 is 2.38 bits per heavy atom. The van der Waals surface area contributed by atoms with Gasteiger partial charge in [0.2, 0.25) is 5.95 Å². The van der Waals surface area contributed by atoms with E-state index in [0.29, 0.717) is 12.5 Å². The molecule has 0 aliphatic carbocycles. The number of aromatic nitrogens is 2. The molecule has 3 heteroatoms. The van der Waals surface area contributed by atoms with Crippen LogP contribution in [-0.2, 0) is 0 Å². The van der Waals surface area contributed by atoms with Crippen LogP contribution < -0.4 is 5.32 Å². The molecule has 0 amide bonds. The van der Waals surface area contributed by atoms with Gasteiger partial charge < -0.3 is 5.32 Å². The van der Waals surface area contributed by atoms with Crippen molar-refractivity contribution in [1.82, 2.24) is 9.97 Å². The van der Waals surface area contributed by atoms with E-state index in [1.54, 1.807) is 6.08 Å². The lowest BCUT2D eigenvalue weighted by molar-refractivity contribution is 1.12. The van der Waals surface area contributed by atoms with Crippen molar-refractivity contribution in [2.24, 2.45) is 0 Å². The number of nitrogens with zero attached hydrogens (tertiary/aromatic N) is 2. The molecule has 0 aliphatic heterocycles. The van der Waals surface area contributed by atoms with Crippen molar-refractivity contribution in [3.8, 4) is 11.1 Å². The summed E-state index contributed by atoms with van der Waals surface area (Å²) in [5.41, 5.74) is 2.14. The van der Waals surface area contributed by atoms with Gasteiger partial charge in [0.05, 0.1) is 0 Å². The zero-order chi connectivity index (χ0) is 11.2. The van der Waals surface area contributed by atoms with E-state index in [0.717, 1.165) is 11.1 Å². The molecule has 0 spiro atoms. The maximum absolute atomic E-state index is 4.22. The van der Waals surface area contributed by atoms with Gasteiger partial charge in [-0.2, -0.15) is 0 Å². The van der Waals surface area contributed by atoms with Crippen LogP contribution in [0.5, 0.6) is 0 Å². The highest BCUT2D eigenvalue weighted by Gasteiger charge is 1.98. The van der Waals surface area contributed by atoms with Crippen LogP contribution >= 0.6 is 0 Å². The maximum Gasteiger partial charge on any atom is 0.222 e. The summed E-state index contributed by atoms with van der Waals surface area (Å²) in [4.78, 5) is 8.45. The fraction of sp³-hybridized carbons (Fsp3) is 0.0769. The monoisotopic (exact) mass is 211 g/mol. The third-order valence-corrected chi connectivity index (χ3v) is 2.16. The molecule has 3 nitrogen and oxygen atoms in total. The SMILES string of the molecule is C=CCNc1ncc(-c2ccccc2)cn1. The van der Waals surface area contributed by atoms with Crippen LogP contribution in [0.1, 0.15) is 0 Å². The van der Waals surface area contributed by atoms with Crippen molar-refractivity contribution in [3.63, 3.8) is 0 Å². The van der Waals surface area contributed by atoms with Crippen molar-refractivity contribution in [2.45, 2.75) is 0 Å². The van der Waals surface area contributed by atoms with Gasteiger partial charge >= 0.3 is 0 Å². The van der Waals surface area contributed by atoms with Crippen LogP contribution in [0.4, 0.5) is 5.95 Å². The van der Waals surface area contributed by atoms with Crippen LogP contribution in [0.3, 0.4) is 0 Å². The van der Waals surface area contributed by atoms with E-state index < -0.39 is 0 Å². The second-order valence-electron chi connectivity index (χ2n) is 3.33. The van der Waals surface area contributed by atoms with E-state index in [1.165, 1.54) is 0 Å². The molecule has 1 N–H and O–H groups in total. The van der Waals surface area contributed by atoms with Gasteiger partial charge in [-0.15, -0.1) is 6.58 Å². The Balaban J connectivity index is 2.16. The van der Waals surface area contributed by atoms with E-state index in [4.69, 9.17) is 0 Å². The zero-order valence-corrected chi connectivity index (χ0v) is 8.93. The highest BCUT2D eigenvalue weighted by Crippen LogP contribution is 2.16. The van der Waals surface area contributed by atoms with Crippen molar-refractivity contribution in [1.29, 1.82) is 0 Å². The minimum Gasteiger partial charge on any atom is -0.351 e. The summed E-state index contributed by atoms with van der Waals surface area (Å²) in [6.07, 6.45) is 5.40. The summed E-state index contributed by atoms with van der Waals surface area (Å²) in [5.74, 6) is 0.625. The van der Waals surface area contributed by atoms with Crippen LogP contribution in [0, 0.1) is 0 Å². The van der Waals surface area contributed by atoms with Gasteiger partial charge in [0.1, 0.15) is 0 Å². The van der Waals surface area contributed by atoms with Crippen LogP contribution in [-0.4, -0.2) is 16.5 Å². The Morgan fingerprint density at radius 2 is 1.75 bits per heavy atom. The highest BCUT2D eigenvalue weighted by atomic mass is 15.1. The number of rotatable bonds is 4. The molecule has 1 aromatic carbocycles. The molecule has 0 atom stereocenters. The van der Waals surface area contributed by atoms with Gasteiger partial charge in [0, 0.05) is 24.5 Å². The van der Waals surface area contributed by atoms with E-state index >= 15 is 0 Å². The Kier molecular flexibility index (Phi) is 3.28. The number of benzene rings is 1. The fourth-order valence-corrected chi connectivity index (χ4v) is 1.36. The van der Waals surface area contributed by atoms with Gasteiger partial charge in [-0.1, -0.05) is 36.4 Å². The van der Waals surface area contributed by atoms with Crippen molar-refractivity contribution in [3.05, 3.63) is 55.4 Å². The van der Waals surface area contributed by atoms with Crippen molar-refractivity contribution < 1.29 is 0 Å². The summed E-state index contributed by atoms with van der Waals surface area (Å²) in [7, 11) is 0. The van der Waals surface area contributed by atoms with Crippen molar-refractivity contribution >= 4 is 5.95 Å². The summed E-state index contributed by atoms with van der Waals surface area (Å²) < 4.78 is 0. The first-order valence-electron chi connectivity index (χ1n) is 5.12. The topological polar surface area (TPSA) is 37.8 Å². The second kappa shape index (κ2) is 5.07. The highest BCUT2D eigenvalue weighted by molar-refractivity contribution is 5.61. The van der Waals surface area contributed by atoms with Gasteiger partial charge in [0.25, 0.3) is 0 Å². The molecule has 0 fully saturated rings. The summed E-state index contributed by atoms with van der Waals surface area (Å²) in [6, 6.07) is 10.1. The zero-order valence-electron chi connectivity index (χ0n) is 8.93. The molecule has 16 heavy (non-hydrogen) atoms. The molecule has 1 aromatic heterocycles. The Hall–Kier alpha value is -2.16. The van der Waals surface area contributed by atoms with E-state index in [9.17, 15) is 0 Å². The summed E-state index contributed by atoms with van der Waals surface area (Å²) >= 11 is 0. The molecule has 2 aromatic rings. The molecule has 0 aliphatic rings. The molecular weight excluding hydrogens is 198 g/mol. The van der Waals surface area contributed by atoms with E-state index in [-0.39, 0.29) is 0 Å². The van der Waals surface area contributed by atoms with Crippen LogP contribution in [0.25, 0.3) is 11.1 Å². The molecule has 0 radical (unpaired) electrons. The number of anilines is 1. The first kappa shape index (κ1) is 10.4. The van der Waals surface area contributed by atoms with Gasteiger partial charge in [-0.05, 0) is 5.56 Å². The molecule has 0 saturated carbocycles. The van der Waals surface area contributed by atoms with Crippen LogP contribution in [0.15, 0.2) is 55.4 Å². The predicted octanol–water partition coefficient (Wildman–Crippen LogP) is 2.74. The average molecular weight is 211 g/mol. The Bertz CT molecular complexity index is 448. The number of nitrogens with one attached hydrogen (secondary N) is 1. The Morgan fingerprint density at radius 1 is 1.06 bits per heavy atom. The molecular formula is C13H13N3. The minimum atomic E-state index is 0.625. The van der Waals surface area contributed by atoms with E-state index in [1.807, 2.05) is 42.7 Å². The quantitative estimate of drug-likeness (QED) is 0.790. The van der Waals surface area contributed by atoms with Gasteiger partial charge in [-0.25, -0.2) is 9.97 Å². The average Bonchev–Trinajstić information content (AvgIpc) is 2.38. The third kappa shape index (κ3) is 2.45. The minimum absolute atomic E-state index is 0.625. The lowest BCUT2D eigenvalue weighted by Gasteiger charge is -2.03. The van der Waals surface area contributed by atoms with Gasteiger partial charge in [0.15, 0.2) is 0 Å². The normalized spacial score (nSPS) is 9.75. The number of hydrogen-bond donors (Lipinski definition) is 1. The smallest absolute Gasteiger partial charge is 0.222 e. The summed E-state index contributed by atoms with van der Waals surface area (Å²) in [6.45, 7) is 4.29. The lowest BCUT2D eigenvalue weighted by Crippen LogP contribution is -2.02. The molecule has 2 rings (SSSR count). The molecule has 80 valence electrons. The fourth-order valence-electron chi connectivity index (χ4n) is 1.36. The number of hydrogen-bond acceptors (Lipinski definition) is 3. The second-order valence-corrected chi connectivity index (χ2v) is 3.33. The molecule has 0 saturated heterocycles. The lowest BCUT2D eigenvalue weighted by atomic mass is 10.1. The molecule has 0 unspecified atom stereocenters. The van der Waals surface area contributed by atoms with Gasteiger partial charge in [-0.3, -0.25) is 0 Å². The van der Waals surface area contributed by atoms with Crippen LogP contribution in [0.2, 0.25) is 0 Å². The Labute approximate surface area is 94.9 Å². The predicted molar refractivity (Wildman–Crippen MR) is 66.2 cm³/mol. The van der Waals surface area contributed by atoms with E-state index in [2.05, 4.69) is 21.9 Å². The van der Waals surface area contributed by atoms with Crippen molar-refractivity contribution in [2.75, 3.05) is 11.9 Å². The molecule has 0 bridgehead atoms.